The molecule has 0 spiro atoms. The summed E-state index contributed by atoms with van der Waals surface area (Å²) in [5.41, 5.74) is 2.06. The monoisotopic (exact) mass is 284 g/mol. The lowest BCUT2D eigenvalue weighted by molar-refractivity contribution is 0.415. The van der Waals surface area contributed by atoms with Crippen LogP contribution in [0.4, 0.5) is 0 Å². The maximum absolute atomic E-state index is 5.98. The minimum atomic E-state index is 0.429. The van der Waals surface area contributed by atoms with Gasteiger partial charge in [0.15, 0.2) is 0 Å². The Hall–Kier alpha value is -0.870. The fraction of sp³-hybridized carbons (Fsp3) is 0.462. The number of hydrogen-bond acceptors (Lipinski definition) is 3. The minimum Gasteiger partial charge on any atom is -0.497 e. The van der Waals surface area contributed by atoms with Crippen molar-refractivity contribution in [1.82, 2.24) is 9.55 Å². The van der Waals surface area contributed by atoms with Crippen LogP contribution in [0.1, 0.15) is 12.7 Å². The molecular formula is C13H17ClN2OS. The van der Waals surface area contributed by atoms with Gasteiger partial charge in [-0.05, 0) is 18.4 Å². The van der Waals surface area contributed by atoms with E-state index in [0.29, 0.717) is 11.1 Å². The molecule has 2 rings (SSSR count). The van der Waals surface area contributed by atoms with Crippen molar-refractivity contribution in [2.45, 2.75) is 24.6 Å². The van der Waals surface area contributed by atoms with Crippen molar-refractivity contribution in [3.63, 3.8) is 0 Å². The van der Waals surface area contributed by atoms with Crippen LogP contribution < -0.4 is 4.74 Å². The van der Waals surface area contributed by atoms with Crippen molar-refractivity contribution in [3.8, 4) is 5.75 Å². The molecule has 0 amide bonds. The number of ether oxygens (including phenoxy) is 1. The molecule has 1 atom stereocenters. The number of benzene rings is 1. The van der Waals surface area contributed by atoms with Gasteiger partial charge in [-0.3, -0.25) is 0 Å². The van der Waals surface area contributed by atoms with Gasteiger partial charge in [-0.15, -0.1) is 11.6 Å². The highest BCUT2D eigenvalue weighted by atomic mass is 35.5. The second kappa shape index (κ2) is 5.85. The summed E-state index contributed by atoms with van der Waals surface area (Å²) >= 11 is 7.82. The molecule has 0 fully saturated rings. The first-order valence-corrected chi connectivity index (χ1v) is 7.63. The Kier molecular flexibility index (Phi) is 4.40. The molecule has 98 valence electrons. The second-order valence-corrected chi connectivity index (χ2v) is 5.72. The van der Waals surface area contributed by atoms with E-state index in [4.69, 9.17) is 16.3 Å². The molecule has 0 saturated heterocycles. The van der Waals surface area contributed by atoms with Crippen LogP contribution in [0.25, 0.3) is 11.0 Å². The van der Waals surface area contributed by atoms with Crippen molar-refractivity contribution in [3.05, 3.63) is 24.0 Å². The maximum atomic E-state index is 5.98. The molecule has 0 radical (unpaired) electrons. The number of nitrogens with zero attached hydrogens (tertiary/aromatic N) is 2. The number of aromatic nitrogens is 2. The van der Waals surface area contributed by atoms with Gasteiger partial charge in [0.2, 0.25) is 0 Å². The van der Waals surface area contributed by atoms with E-state index in [1.165, 1.54) is 0 Å². The zero-order valence-corrected chi connectivity index (χ0v) is 12.4. The van der Waals surface area contributed by atoms with Gasteiger partial charge < -0.3 is 9.30 Å². The highest BCUT2D eigenvalue weighted by molar-refractivity contribution is 7.99. The van der Waals surface area contributed by atoms with Gasteiger partial charge in [-0.25, -0.2) is 4.98 Å². The van der Waals surface area contributed by atoms with E-state index < -0.39 is 0 Å². The van der Waals surface area contributed by atoms with Gasteiger partial charge >= 0.3 is 0 Å². The van der Waals surface area contributed by atoms with Crippen molar-refractivity contribution in [2.75, 3.05) is 13.4 Å². The van der Waals surface area contributed by atoms with Crippen LogP contribution in [-0.4, -0.2) is 28.2 Å². The molecule has 0 aliphatic heterocycles. The normalized spacial score (nSPS) is 12.9. The Morgan fingerprint density at radius 3 is 2.89 bits per heavy atom. The van der Waals surface area contributed by atoms with E-state index in [0.717, 1.165) is 29.2 Å². The summed E-state index contributed by atoms with van der Waals surface area (Å²) in [5.74, 6) is 2.17. The zero-order valence-electron chi connectivity index (χ0n) is 10.8. The standard InChI is InChI=1S/C13H17ClN2OS/c1-9(18-3)8-16-12-5-4-10(17-2)6-11(12)15-13(16)7-14/h4-6,9H,7-8H2,1-3H3. The third-order valence-electron chi connectivity index (χ3n) is 3.00. The van der Waals surface area contributed by atoms with Crippen LogP contribution in [-0.2, 0) is 12.4 Å². The number of fused-ring (bicyclic) bond motifs is 1. The number of hydrogen-bond donors (Lipinski definition) is 0. The zero-order chi connectivity index (χ0) is 13.1. The molecule has 3 nitrogen and oxygen atoms in total. The van der Waals surface area contributed by atoms with Crippen molar-refractivity contribution in [1.29, 1.82) is 0 Å². The number of thioether (sulfide) groups is 1. The SMILES string of the molecule is COc1ccc2c(c1)nc(CCl)n2CC(C)SC. The number of methoxy groups -OCH3 is 1. The van der Waals surface area contributed by atoms with Crippen molar-refractivity contribution >= 4 is 34.4 Å². The summed E-state index contributed by atoms with van der Waals surface area (Å²) in [7, 11) is 1.66. The molecule has 0 N–H and O–H groups in total. The number of imidazole rings is 1. The third-order valence-corrected chi connectivity index (χ3v) is 4.19. The maximum Gasteiger partial charge on any atom is 0.124 e. The smallest absolute Gasteiger partial charge is 0.124 e. The summed E-state index contributed by atoms with van der Waals surface area (Å²) in [5, 5.41) is 0.534. The van der Waals surface area contributed by atoms with E-state index in [1.807, 2.05) is 30.0 Å². The molecule has 1 unspecified atom stereocenters. The summed E-state index contributed by atoms with van der Waals surface area (Å²) in [6, 6.07) is 5.96. The largest absolute Gasteiger partial charge is 0.497 e. The molecule has 0 aliphatic rings. The molecule has 1 aromatic carbocycles. The Labute approximate surface area is 116 Å². The number of rotatable bonds is 5. The summed E-state index contributed by atoms with van der Waals surface area (Å²) < 4.78 is 7.42. The fourth-order valence-electron chi connectivity index (χ4n) is 1.92. The van der Waals surface area contributed by atoms with Gasteiger partial charge in [-0.2, -0.15) is 11.8 Å². The van der Waals surface area contributed by atoms with E-state index in [-0.39, 0.29) is 0 Å². The molecule has 0 bridgehead atoms. The van der Waals surface area contributed by atoms with Crippen LogP contribution in [0, 0.1) is 0 Å². The molecule has 0 aliphatic carbocycles. The Morgan fingerprint density at radius 2 is 2.28 bits per heavy atom. The Balaban J connectivity index is 2.48. The predicted octanol–water partition coefficient (Wildman–Crippen LogP) is 3.54. The number of halogens is 1. The molecule has 2 aromatic rings. The average Bonchev–Trinajstić information content (AvgIpc) is 2.75. The average molecular weight is 285 g/mol. The van der Waals surface area contributed by atoms with Gasteiger partial charge in [-0.1, -0.05) is 6.92 Å². The molecule has 18 heavy (non-hydrogen) atoms. The van der Waals surface area contributed by atoms with Crippen LogP contribution in [0.15, 0.2) is 18.2 Å². The van der Waals surface area contributed by atoms with E-state index in [1.54, 1.807) is 7.11 Å². The quantitative estimate of drug-likeness (QED) is 0.786. The summed E-state index contributed by atoms with van der Waals surface area (Å²) in [6.07, 6.45) is 2.12. The Morgan fingerprint density at radius 1 is 1.50 bits per heavy atom. The van der Waals surface area contributed by atoms with E-state index in [2.05, 4.69) is 22.7 Å². The Bertz CT molecular complexity index is 541. The number of alkyl halides is 1. The lowest BCUT2D eigenvalue weighted by atomic mass is 10.3. The summed E-state index contributed by atoms with van der Waals surface area (Å²) in [4.78, 5) is 4.57. The molecule has 5 heteroatoms. The van der Waals surface area contributed by atoms with Gasteiger partial charge in [0.25, 0.3) is 0 Å². The molecule has 1 heterocycles. The molecule has 0 saturated carbocycles. The minimum absolute atomic E-state index is 0.429. The molecule has 1 aromatic heterocycles. The topological polar surface area (TPSA) is 27.1 Å². The van der Waals surface area contributed by atoms with Crippen molar-refractivity contribution in [2.24, 2.45) is 0 Å². The lowest BCUT2D eigenvalue weighted by Crippen LogP contribution is -2.11. The van der Waals surface area contributed by atoms with Gasteiger partial charge in [0, 0.05) is 17.9 Å². The van der Waals surface area contributed by atoms with Crippen LogP contribution in [0.2, 0.25) is 0 Å². The van der Waals surface area contributed by atoms with Gasteiger partial charge in [0.1, 0.15) is 11.6 Å². The molecular weight excluding hydrogens is 268 g/mol. The van der Waals surface area contributed by atoms with Crippen LogP contribution in [0.5, 0.6) is 5.75 Å². The lowest BCUT2D eigenvalue weighted by Gasteiger charge is -2.12. The highest BCUT2D eigenvalue weighted by Gasteiger charge is 2.12. The first-order chi connectivity index (χ1) is 8.69. The third kappa shape index (κ3) is 2.59. The second-order valence-electron chi connectivity index (χ2n) is 4.17. The first kappa shape index (κ1) is 13.6. The summed E-state index contributed by atoms with van der Waals surface area (Å²) in [6.45, 7) is 3.13. The predicted molar refractivity (Wildman–Crippen MR) is 78.8 cm³/mol. The highest BCUT2D eigenvalue weighted by Crippen LogP contribution is 2.24. The first-order valence-electron chi connectivity index (χ1n) is 5.81. The van der Waals surface area contributed by atoms with Crippen molar-refractivity contribution < 1.29 is 4.74 Å². The van der Waals surface area contributed by atoms with Crippen LogP contribution >= 0.6 is 23.4 Å². The fourth-order valence-corrected chi connectivity index (χ4v) is 2.43. The van der Waals surface area contributed by atoms with E-state index in [9.17, 15) is 0 Å². The van der Waals surface area contributed by atoms with Crippen LogP contribution in [0.3, 0.4) is 0 Å². The van der Waals surface area contributed by atoms with E-state index >= 15 is 0 Å². The van der Waals surface area contributed by atoms with Gasteiger partial charge in [0.05, 0.1) is 24.0 Å².